The van der Waals surface area contributed by atoms with Crippen LogP contribution in [0.3, 0.4) is 0 Å². The average molecular weight is 306 g/mol. The number of hydrazone groups is 1. The van der Waals surface area contributed by atoms with Gasteiger partial charge in [-0.05, 0) is 12.1 Å². The lowest BCUT2D eigenvalue weighted by molar-refractivity contribution is -0.274. The predicted octanol–water partition coefficient (Wildman–Crippen LogP) is 2.47. The van der Waals surface area contributed by atoms with Gasteiger partial charge in [-0.15, -0.1) is 13.2 Å². The minimum atomic E-state index is -4.82. The summed E-state index contributed by atoms with van der Waals surface area (Å²) in [5, 5.41) is 19.0. The largest absolute Gasteiger partial charge is 0.573 e. The fourth-order valence-corrected chi connectivity index (χ4v) is 1.26. The van der Waals surface area contributed by atoms with Crippen LogP contribution >= 0.6 is 11.6 Å². The van der Waals surface area contributed by atoms with Crippen molar-refractivity contribution in [3.63, 3.8) is 0 Å². The molecule has 20 heavy (non-hydrogen) atoms. The monoisotopic (exact) mass is 305 g/mol. The van der Waals surface area contributed by atoms with E-state index in [2.05, 4.69) is 15.3 Å². The zero-order valence-electron chi connectivity index (χ0n) is 9.62. The van der Waals surface area contributed by atoms with Crippen molar-refractivity contribution in [1.82, 2.24) is 0 Å². The fourth-order valence-electron chi connectivity index (χ4n) is 1.05. The Hall–Kier alpha value is -2.47. The summed E-state index contributed by atoms with van der Waals surface area (Å²) in [5.74, 6) is -1.06. The maximum atomic E-state index is 12.0. The summed E-state index contributed by atoms with van der Waals surface area (Å²) in [4.78, 5) is 0. The van der Waals surface area contributed by atoms with Gasteiger partial charge in [-0.25, -0.2) is 0 Å². The van der Waals surface area contributed by atoms with Crippen molar-refractivity contribution in [3.8, 4) is 11.8 Å². The van der Waals surface area contributed by atoms with E-state index in [0.29, 0.717) is 0 Å². The summed E-state index contributed by atoms with van der Waals surface area (Å²) in [6, 6.07) is 4.66. The molecule has 0 saturated carbocycles. The predicted molar refractivity (Wildman–Crippen MR) is 66.7 cm³/mol. The van der Waals surface area contributed by atoms with Gasteiger partial charge < -0.3 is 10.5 Å². The van der Waals surface area contributed by atoms with Crippen LogP contribution in [0.4, 0.5) is 18.9 Å². The lowest BCUT2D eigenvalue weighted by atomic mass is 10.3. The van der Waals surface area contributed by atoms with Crippen LogP contribution in [-0.4, -0.2) is 17.9 Å². The normalized spacial score (nSPS) is 11.7. The van der Waals surface area contributed by atoms with E-state index in [-0.39, 0.29) is 10.7 Å². The molecule has 1 aromatic rings. The summed E-state index contributed by atoms with van der Waals surface area (Å²) in [7, 11) is 0. The van der Waals surface area contributed by atoms with Crippen LogP contribution < -0.4 is 15.9 Å². The lowest BCUT2D eigenvalue weighted by Crippen LogP contribution is -2.21. The van der Waals surface area contributed by atoms with Crippen LogP contribution in [0.5, 0.6) is 5.75 Å². The van der Waals surface area contributed by atoms with Gasteiger partial charge in [-0.3, -0.25) is 10.8 Å². The molecule has 0 radical (unpaired) electrons. The summed E-state index contributed by atoms with van der Waals surface area (Å²) < 4.78 is 39.6. The molecular formula is C10H7ClF3N5O. The molecular weight excluding hydrogens is 299 g/mol. The molecule has 4 N–H and O–H groups in total. The lowest BCUT2D eigenvalue weighted by Gasteiger charge is -2.10. The first-order valence-electron chi connectivity index (χ1n) is 4.86. The Morgan fingerprint density at radius 3 is 2.60 bits per heavy atom. The van der Waals surface area contributed by atoms with Gasteiger partial charge in [0.25, 0.3) is 0 Å². The molecule has 0 aromatic heterocycles. The van der Waals surface area contributed by atoms with Crippen LogP contribution in [0.2, 0.25) is 5.02 Å². The van der Waals surface area contributed by atoms with Crippen molar-refractivity contribution in [2.24, 2.45) is 10.8 Å². The van der Waals surface area contributed by atoms with Crippen molar-refractivity contribution >= 4 is 28.8 Å². The van der Waals surface area contributed by atoms with E-state index in [0.717, 1.165) is 12.1 Å². The first-order valence-corrected chi connectivity index (χ1v) is 5.24. The van der Waals surface area contributed by atoms with Gasteiger partial charge >= 0.3 is 6.36 Å². The number of nitrogens with two attached hydrogens (primary N) is 1. The summed E-state index contributed by atoms with van der Waals surface area (Å²) in [5.41, 5.74) is 7.09. The van der Waals surface area contributed by atoms with Crippen molar-refractivity contribution in [3.05, 3.63) is 23.2 Å². The second-order valence-electron chi connectivity index (χ2n) is 3.29. The standard InChI is InChI=1S/C10H7ClF3N5O/c11-6-3-5(20-10(12,13)14)1-2-7(6)18-19-8(4-15)9(16)17/h1-3,18H,(H3,16,17)/b19-8+. The van der Waals surface area contributed by atoms with E-state index in [1.165, 1.54) is 6.07 Å². The third-order valence-corrected chi connectivity index (χ3v) is 2.14. The number of amidine groups is 1. The van der Waals surface area contributed by atoms with Gasteiger partial charge in [0.2, 0.25) is 5.71 Å². The molecule has 0 fully saturated rings. The van der Waals surface area contributed by atoms with E-state index < -0.39 is 23.7 Å². The van der Waals surface area contributed by atoms with Crippen molar-refractivity contribution in [2.75, 3.05) is 5.43 Å². The summed E-state index contributed by atoms with van der Waals surface area (Å²) in [6.07, 6.45) is -4.82. The first kappa shape index (κ1) is 15.6. The third kappa shape index (κ3) is 4.66. The van der Waals surface area contributed by atoms with E-state index in [1.807, 2.05) is 0 Å². The van der Waals surface area contributed by atoms with Crippen LogP contribution in [0.15, 0.2) is 23.3 Å². The molecule has 0 atom stereocenters. The van der Waals surface area contributed by atoms with Gasteiger partial charge in [-0.2, -0.15) is 10.4 Å². The molecule has 106 valence electrons. The van der Waals surface area contributed by atoms with Crippen molar-refractivity contribution in [2.45, 2.75) is 6.36 Å². The third-order valence-electron chi connectivity index (χ3n) is 1.82. The quantitative estimate of drug-likeness (QED) is 0.451. The Balaban J connectivity index is 2.90. The molecule has 0 aliphatic heterocycles. The number of nitriles is 1. The molecule has 0 heterocycles. The minimum Gasteiger partial charge on any atom is -0.406 e. The number of benzene rings is 1. The average Bonchev–Trinajstić information content (AvgIpc) is 2.29. The molecule has 6 nitrogen and oxygen atoms in total. The highest BCUT2D eigenvalue weighted by molar-refractivity contribution is 6.45. The van der Waals surface area contributed by atoms with Crippen molar-refractivity contribution in [1.29, 1.82) is 10.7 Å². The number of nitrogens with zero attached hydrogens (tertiary/aromatic N) is 2. The molecule has 0 amide bonds. The number of hydrogen-bond acceptors (Lipinski definition) is 5. The molecule has 10 heteroatoms. The highest BCUT2D eigenvalue weighted by Gasteiger charge is 2.31. The molecule has 1 aromatic carbocycles. The zero-order valence-corrected chi connectivity index (χ0v) is 10.4. The molecule has 0 aliphatic carbocycles. The SMILES string of the molecule is N#C/C(=N\Nc1ccc(OC(F)(F)F)cc1Cl)C(=N)N. The van der Waals surface area contributed by atoms with Crippen LogP contribution in [0.1, 0.15) is 0 Å². The smallest absolute Gasteiger partial charge is 0.406 e. The number of hydrogen-bond donors (Lipinski definition) is 3. The van der Waals surface area contributed by atoms with Gasteiger partial charge in [-0.1, -0.05) is 11.6 Å². The Labute approximate surface area is 116 Å². The van der Waals surface area contributed by atoms with E-state index in [1.54, 1.807) is 6.07 Å². The van der Waals surface area contributed by atoms with Crippen LogP contribution in [0.25, 0.3) is 0 Å². The highest BCUT2D eigenvalue weighted by Crippen LogP contribution is 2.30. The number of rotatable bonds is 4. The number of halogens is 4. The number of anilines is 1. The summed E-state index contributed by atoms with van der Waals surface area (Å²) in [6.45, 7) is 0. The maximum Gasteiger partial charge on any atom is 0.573 e. The van der Waals surface area contributed by atoms with Gasteiger partial charge in [0.05, 0.1) is 10.7 Å². The second-order valence-corrected chi connectivity index (χ2v) is 3.69. The topological polar surface area (TPSA) is 107 Å². The minimum absolute atomic E-state index is 0.114. The van der Waals surface area contributed by atoms with Crippen LogP contribution in [-0.2, 0) is 0 Å². The zero-order chi connectivity index (χ0) is 15.3. The number of alkyl halides is 3. The van der Waals surface area contributed by atoms with E-state index >= 15 is 0 Å². The van der Waals surface area contributed by atoms with Crippen LogP contribution in [0, 0.1) is 16.7 Å². The number of ether oxygens (including phenoxy) is 1. The van der Waals surface area contributed by atoms with E-state index in [4.69, 9.17) is 28.0 Å². The fraction of sp³-hybridized carbons (Fsp3) is 0.100. The Morgan fingerprint density at radius 1 is 1.50 bits per heavy atom. The molecule has 0 unspecified atom stereocenters. The van der Waals surface area contributed by atoms with E-state index in [9.17, 15) is 13.2 Å². The number of nitrogens with one attached hydrogen (secondary N) is 2. The Morgan fingerprint density at radius 2 is 2.15 bits per heavy atom. The second kappa shape index (κ2) is 6.12. The maximum absolute atomic E-state index is 12.0. The van der Waals surface area contributed by atoms with Crippen molar-refractivity contribution < 1.29 is 17.9 Å². The highest BCUT2D eigenvalue weighted by atomic mass is 35.5. The molecule has 0 saturated heterocycles. The Bertz CT molecular complexity index is 594. The summed E-state index contributed by atoms with van der Waals surface area (Å²) >= 11 is 5.72. The molecule has 1 rings (SSSR count). The first-order chi connectivity index (χ1) is 9.23. The van der Waals surface area contributed by atoms with Gasteiger partial charge in [0.15, 0.2) is 5.84 Å². The van der Waals surface area contributed by atoms with Gasteiger partial charge in [0, 0.05) is 6.07 Å². The molecule has 0 aliphatic rings. The molecule has 0 bridgehead atoms. The van der Waals surface area contributed by atoms with Gasteiger partial charge in [0.1, 0.15) is 11.8 Å². The molecule has 0 spiro atoms. The Kier molecular flexibility index (Phi) is 4.77.